The van der Waals surface area contributed by atoms with E-state index in [1.807, 2.05) is 53.4 Å². The fraction of sp³-hybridized carbons (Fsp3) is 0.200. The summed E-state index contributed by atoms with van der Waals surface area (Å²) >= 11 is 0. The molecule has 4 rings (SSSR count). The highest BCUT2D eigenvalue weighted by atomic mass is 16.2. The van der Waals surface area contributed by atoms with E-state index in [-0.39, 0.29) is 18.0 Å². The van der Waals surface area contributed by atoms with Gasteiger partial charge in [-0.1, -0.05) is 60.7 Å². The van der Waals surface area contributed by atoms with Gasteiger partial charge >= 0.3 is 6.03 Å². The summed E-state index contributed by atoms with van der Waals surface area (Å²) in [6.45, 7) is 0.719. The van der Waals surface area contributed by atoms with Gasteiger partial charge in [0.1, 0.15) is 0 Å². The number of rotatable bonds is 3. The summed E-state index contributed by atoms with van der Waals surface area (Å²) in [7, 11) is 0. The Bertz CT molecular complexity index is 885. The van der Waals surface area contributed by atoms with E-state index in [1.54, 1.807) is 6.20 Å². The monoisotopic (exact) mass is 345 g/mol. The second kappa shape index (κ2) is 7.31. The van der Waals surface area contributed by atoms with Crippen LogP contribution in [0.1, 0.15) is 24.4 Å². The summed E-state index contributed by atoms with van der Waals surface area (Å²) in [6, 6.07) is 19.7. The van der Waals surface area contributed by atoms with Crippen LogP contribution in [-0.2, 0) is 0 Å². The second-order valence-corrected chi connectivity index (χ2v) is 6.22. The van der Waals surface area contributed by atoms with Crippen molar-refractivity contribution in [2.45, 2.75) is 18.9 Å². The average molecular weight is 345 g/mol. The van der Waals surface area contributed by atoms with Crippen molar-refractivity contribution in [2.75, 3.05) is 11.9 Å². The minimum Gasteiger partial charge on any atom is -0.317 e. The number of amides is 2. The van der Waals surface area contributed by atoms with Gasteiger partial charge in [-0.25, -0.2) is 9.78 Å². The predicted octanol–water partition coefficient (Wildman–Crippen LogP) is 3.91. The van der Waals surface area contributed by atoms with E-state index in [4.69, 9.17) is 0 Å². The Morgan fingerprint density at radius 2 is 1.77 bits per heavy atom. The maximum atomic E-state index is 12.8. The molecule has 1 atom stereocenters. The van der Waals surface area contributed by atoms with Gasteiger partial charge in [-0.15, -0.1) is 5.10 Å². The average Bonchev–Trinajstić information content (AvgIpc) is 3.20. The van der Waals surface area contributed by atoms with Crippen LogP contribution in [0.25, 0.3) is 11.3 Å². The van der Waals surface area contributed by atoms with Crippen molar-refractivity contribution in [2.24, 2.45) is 0 Å². The lowest BCUT2D eigenvalue weighted by molar-refractivity contribution is 0.207. The van der Waals surface area contributed by atoms with E-state index < -0.39 is 0 Å². The van der Waals surface area contributed by atoms with E-state index in [0.717, 1.165) is 30.5 Å². The zero-order chi connectivity index (χ0) is 17.8. The molecular formula is C20H19N5O. The summed E-state index contributed by atoms with van der Waals surface area (Å²) in [5.74, 6) is 0.218. The number of anilines is 1. The Morgan fingerprint density at radius 3 is 2.54 bits per heavy atom. The lowest BCUT2D eigenvalue weighted by Gasteiger charge is -2.24. The lowest BCUT2D eigenvalue weighted by atomic mass is 10.1. The van der Waals surface area contributed by atoms with Crippen molar-refractivity contribution in [1.29, 1.82) is 0 Å². The topological polar surface area (TPSA) is 71.0 Å². The van der Waals surface area contributed by atoms with E-state index in [2.05, 4.69) is 32.6 Å². The predicted molar refractivity (Wildman–Crippen MR) is 99.4 cm³/mol. The Hall–Kier alpha value is -3.28. The van der Waals surface area contributed by atoms with Crippen LogP contribution in [-0.4, -0.2) is 32.7 Å². The number of benzene rings is 2. The summed E-state index contributed by atoms with van der Waals surface area (Å²) in [5.41, 5.74) is 2.76. The number of aromatic nitrogens is 3. The molecular weight excluding hydrogens is 326 g/mol. The van der Waals surface area contributed by atoms with Crippen molar-refractivity contribution in [3.63, 3.8) is 0 Å². The molecule has 1 fully saturated rings. The first-order valence-electron chi connectivity index (χ1n) is 8.69. The first-order chi connectivity index (χ1) is 12.8. The molecule has 6 heteroatoms. The summed E-state index contributed by atoms with van der Waals surface area (Å²) in [5, 5.41) is 10.7. The summed E-state index contributed by atoms with van der Waals surface area (Å²) in [6.07, 6.45) is 3.53. The number of carbonyl (C=O) groups is 1. The molecule has 2 amide bonds. The Kier molecular flexibility index (Phi) is 4.55. The third-order valence-electron chi connectivity index (χ3n) is 4.55. The van der Waals surface area contributed by atoms with Gasteiger partial charge in [0.25, 0.3) is 5.95 Å². The Morgan fingerprint density at radius 1 is 1.04 bits per heavy atom. The molecule has 1 saturated heterocycles. The first-order valence-corrected chi connectivity index (χ1v) is 8.69. The van der Waals surface area contributed by atoms with Crippen molar-refractivity contribution in [3.05, 3.63) is 72.4 Å². The highest BCUT2D eigenvalue weighted by Gasteiger charge is 2.30. The molecule has 0 spiro atoms. The summed E-state index contributed by atoms with van der Waals surface area (Å²) < 4.78 is 0. The van der Waals surface area contributed by atoms with E-state index in [0.29, 0.717) is 5.69 Å². The molecule has 26 heavy (non-hydrogen) atoms. The Balaban J connectivity index is 1.51. The standard InChI is InChI=1S/C20H19N5O/c26-20(25-13-7-12-18(25)16-10-5-2-6-11-16)23-19-22-17(14-21-24-19)15-8-3-1-4-9-15/h1-6,8-11,14,18H,7,12-13H2,(H,22,23,24,26). The maximum absolute atomic E-state index is 12.8. The number of carbonyl (C=O) groups excluding carboxylic acids is 1. The van der Waals surface area contributed by atoms with E-state index >= 15 is 0 Å². The van der Waals surface area contributed by atoms with E-state index in [9.17, 15) is 4.79 Å². The van der Waals surface area contributed by atoms with Crippen LogP contribution in [0.2, 0.25) is 0 Å². The summed E-state index contributed by atoms with van der Waals surface area (Å²) in [4.78, 5) is 19.0. The van der Waals surface area contributed by atoms with Crippen molar-refractivity contribution < 1.29 is 4.79 Å². The number of urea groups is 1. The molecule has 0 bridgehead atoms. The zero-order valence-electron chi connectivity index (χ0n) is 14.2. The van der Waals surface area contributed by atoms with Gasteiger partial charge < -0.3 is 4.90 Å². The first kappa shape index (κ1) is 16.2. The van der Waals surface area contributed by atoms with Crippen molar-refractivity contribution >= 4 is 12.0 Å². The van der Waals surface area contributed by atoms with Gasteiger partial charge in [-0.3, -0.25) is 5.32 Å². The Labute approximate surface area is 151 Å². The number of nitrogens with one attached hydrogen (secondary N) is 1. The van der Waals surface area contributed by atoms with Gasteiger partial charge in [0, 0.05) is 12.1 Å². The number of nitrogens with zero attached hydrogens (tertiary/aromatic N) is 4. The molecule has 2 aromatic carbocycles. The third kappa shape index (κ3) is 3.39. The highest BCUT2D eigenvalue weighted by molar-refractivity contribution is 5.88. The third-order valence-corrected chi connectivity index (χ3v) is 4.55. The van der Waals surface area contributed by atoms with Gasteiger partial charge in [0.2, 0.25) is 0 Å². The molecule has 0 radical (unpaired) electrons. The number of hydrogen-bond donors (Lipinski definition) is 1. The quantitative estimate of drug-likeness (QED) is 0.781. The van der Waals surface area contributed by atoms with Crippen LogP contribution in [0.4, 0.5) is 10.7 Å². The van der Waals surface area contributed by atoms with Crippen molar-refractivity contribution in [1.82, 2.24) is 20.1 Å². The number of likely N-dealkylation sites (tertiary alicyclic amines) is 1. The molecule has 130 valence electrons. The SMILES string of the molecule is O=C(Nc1nncc(-c2ccccc2)n1)N1CCCC1c1ccccc1. The maximum Gasteiger partial charge on any atom is 0.324 e. The van der Waals surface area contributed by atoms with Gasteiger partial charge in [-0.05, 0) is 18.4 Å². The van der Waals surface area contributed by atoms with Crippen molar-refractivity contribution in [3.8, 4) is 11.3 Å². The zero-order valence-corrected chi connectivity index (χ0v) is 14.2. The lowest BCUT2D eigenvalue weighted by Crippen LogP contribution is -2.35. The molecule has 6 nitrogen and oxygen atoms in total. The molecule has 0 saturated carbocycles. The minimum absolute atomic E-state index is 0.0847. The number of hydrogen-bond acceptors (Lipinski definition) is 4. The molecule has 1 unspecified atom stereocenters. The van der Waals surface area contributed by atoms with Crippen LogP contribution in [0.5, 0.6) is 0 Å². The highest BCUT2D eigenvalue weighted by Crippen LogP contribution is 2.32. The molecule has 1 aliphatic rings. The molecule has 3 aromatic rings. The molecule has 0 aliphatic carbocycles. The molecule has 1 aromatic heterocycles. The molecule has 2 heterocycles. The van der Waals surface area contributed by atoms with Crippen LogP contribution in [0.15, 0.2) is 66.9 Å². The van der Waals surface area contributed by atoms with Gasteiger partial charge in [-0.2, -0.15) is 5.10 Å². The normalized spacial score (nSPS) is 16.5. The smallest absolute Gasteiger partial charge is 0.317 e. The molecule has 1 N–H and O–H groups in total. The fourth-order valence-electron chi connectivity index (χ4n) is 3.30. The van der Waals surface area contributed by atoms with Crippen LogP contribution >= 0.6 is 0 Å². The van der Waals surface area contributed by atoms with Crippen LogP contribution < -0.4 is 5.32 Å². The largest absolute Gasteiger partial charge is 0.324 e. The van der Waals surface area contributed by atoms with Crippen LogP contribution in [0.3, 0.4) is 0 Å². The van der Waals surface area contributed by atoms with Crippen LogP contribution in [0, 0.1) is 0 Å². The molecule has 1 aliphatic heterocycles. The fourth-order valence-corrected chi connectivity index (χ4v) is 3.30. The second-order valence-electron chi connectivity index (χ2n) is 6.22. The van der Waals surface area contributed by atoms with Gasteiger partial charge in [0.05, 0.1) is 17.9 Å². The van der Waals surface area contributed by atoms with Gasteiger partial charge in [0.15, 0.2) is 0 Å². The van der Waals surface area contributed by atoms with E-state index in [1.165, 1.54) is 0 Å². The minimum atomic E-state index is -0.191.